The number of para-hydroxylation sites is 1. The van der Waals surface area contributed by atoms with Gasteiger partial charge in [-0.1, -0.05) is 18.2 Å². The van der Waals surface area contributed by atoms with Crippen molar-refractivity contribution in [1.29, 1.82) is 0 Å². The van der Waals surface area contributed by atoms with Crippen LogP contribution in [0.5, 0.6) is 0 Å². The van der Waals surface area contributed by atoms with Gasteiger partial charge < -0.3 is 10.6 Å². The van der Waals surface area contributed by atoms with E-state index in [9.17, 15) is 4.79 Å². The molecule has 3 nitrogen and oxygen atoms in total. The first-order chi connectivity index (χ1) is 10.3. The van der Waals surface area contributed by atoms with Crippen LogP contribution in [0.3, 0.4) is 0 Å². The molecular weight excluding hydrogens is 280 g/mol. The number of hydrogen-bond donors (Lipinski definition) is 2. The second-order valence-corrected chi connectivity index (χ2v) is 5.96. The van der Waals surface area contributed by atoms with Gasteiger partial charge in [-0.3, -0.25) is 0 Å². The van der Waals surface area contributed by atoms with Crippen LogP contribution in [0, 0.1) is 0 Å². The lowest BCUT2D eigenvalue weighted by Gasteiger charge is -2.11. The fourth-order valence-electron chi connectivity index (χ4n) is 2.68. The summed E-state index contributed by atoms with van der Waals surface area (Å²) in [5.41, 5.74) is 4.46. The fraction of sp³-hybridized carbons (Fsp3) is 0.235. The highest BCUT2D eigenvalue weighted by molar-refractivity contribution is 7.98. The normalized spacial score (nSPS) is 12.8. The molecule has 0 radical (unpaired) electrons. The largest absolute Gasteiger partial charge is 0.323 e. The molecule has 0 atom stereocenters. The average molecular weight is 298 g/mol. The maximum absolute atomic E-state index is 12.1. The summed E-state index contributed by atoms with van der Waals surface area (Å²) in [6.45, 7) is 0. The zero-order valence-electron chi connectivity index (χ0n) is 12.0. The Morgan fingerprint density at radius 3 is 2.71 bits per heavy atom. The van der Waals surface area contributed by atoms with Crippen molar-refractivity contribution < 1.29 is 4.79 Å². The molecule has 0 saturated heterocycles. The molecule has 108 valence electrons. The van der Waals surface area contributed by atoms with Crippen LogP contribution in [0.1, 0.15) is 17.5 Å². The van der Waals surface area contributed by atoms with Crippen molar-refractivity contribution in [2.45, 2.75) is 24.2 Å². The summed E-state index contributed by atoms with van der Waals surface area (Å²) in [6.07, 6.45) is 5.48. The first-order valence-corrected chi connectivity index (χ1v) is 8.31. The topological polar surface area (TPSA) is 41.1 Å². The molecule has 0 aromatic heterocycles. The summed E-state index contributed by atoms with van der Waals surface area (Å²) in [4.78, 5) is 13.2. The van der Waals surface area contributed by atoms with Crippen molar-refractivity contribution in [2.24, 2.45) is 0 Å². The number of hydrogen-bond acceptors (Lipinski definition) is 2. The Hall–Kier alpha value is -1.94. The number of carbonyl (C=O) groups is 1. The van der Waals surface area contributed by atoms with Gasteiger partial charge in [-0.25, -0.2) is 4.79 Å². The van der Waals surface area contributed by atoms with Gasteiger partial charge in [-0.2, -0.15) is 0 Å². The molecule has 0 fully saturated rings. The van der Waals surface area contributed by atoms with Crippen molar-refractivity contribution in [2.75, 3.05) is 16.9 Å². The summed E-state index contributed by atoms with van der Waals surface area (Å²) in [5, 5.41) is 5.82. The number of aryl methyl sites for hydroxylation is 2. The molecule has 21 heavy (non-hydrogen) atoms. The van der Waals surface area contributed by atoms with Gasteiger partial charge in [0, 0.05) is 10.6 Å². The molecule has 0 heterocycles. The molecule has 3 rings (SSSR count). The van der Waals surface area contributed by atoms with Gasteiger partial charge in [0.2, 0.25) is 0 Å². The highest BCUT2D eigenvalue weighted by Crippen LogP contribution is 2.26. The Balaban J connectivity index is 1.69. The lowest BCUT2D eigenvalue weighted by atomic mass is 10.1. The Bertz CT molecular complexity index is 670. The monoisotopic (exact) mass is 298 g/mol. The van der Waals surface area contributed by atoms with Crippen LogP contribution in [-0.4, -0.2) is 12.3 Å². The van der Waals surface area contributed by atoms with Crippen molar-refractivity contribution in [3.63, 3.8) is 0 Å². The smallest absolute Gasteiger partial charge is 0.308 e. The van der Waals surface area contributed by atoms with Crippen LogP contribution < -0.4 is 10.6 Å². The number of amides is 2. The van der Waals surface area contributed by atoms with Gasteiger partial charge in [0.1, 0.15) is 0 Å². The number of thioether (sulfide) groups is 1. The van der Waals surface area contributed by atoms with Gasteiger partial charge in [-0.15, -0.1) is 11.8 Å². The maximum atomic E-state index is 12.1. The predicted octanol–water partition coefficient (Wildman–Crippen LogP) is 4.54. The van der Waals surface area contributed by atoms with Crippen molar-refractivity contribution >= 4 is 29.2 Å². The molecule has 2 N–H and O–H groups in total. The van der Waals surface area contributed by atoms with E-state index in [0.717, 1.165) is 29.1 Å². The maximum Gasteiger partial charge on any atom is 0.323 e. The molecule has 2 aromatic rings. The minimum atomic E-state index is -0.200. The third kappa shape index (κ3) is 3.22. The van der Waals surface area contributed by atoms with Crippen molar-refractivity contribution in [3.05, 3.63) is 53.6 Å². The number of nitrogens with one attached hydrogen (secondary N) is 2. The molecule has 1 aliphatic carbocycles. The quantitative estimate of drug-likeness (QED) is 0.817. The molecule has 1 aliphatic rings. The number of benzene rings is 2. The van der Waals surface area contributed by atoms with Gasteiger partial charge >= 0.3 is 6.03 Å². The van der Waals surface area contributed by atoms with E-state index < -0.39 is 0 Å². The van der Waals surface area contributed by atoms with Crippen molar-refractivity contribution in [1.82, 2.24) is 0 Å². The Kier molecular flexibility index (Phi) is 4.15. The molecule has 0 bridgehead atoms. The summed E-state index contributed by atoms with van der Waals surface area (Å²) >= 11 is 1.62. The van der Waals surface area contributed by atoms with E-state index in [0.29, 0.717) is 0 Å². The third-order valence-electron chi connectivity index (χ3n) is 3.71. The lowest BCUT2D eigenvalue weighted by molar-refractivity contribution is 0.262. The van der Waals surface area contributed by atoms with Crippen LogP contribution in [0.2, 0.25) is 0 Å². The van der Waals surface area contributed by atoms with E-state index in [1.54, 1.807) is 11.8 Å². The third-order valence-corrected chi connectivity index (χ3v) is 4.51. The highest BCUT2D eigenvalue weighted by atomic mass is 32.2. The second-order valence-electron chi connectivity index (χ2n) is 5.12. The minimum absolute atomic E-state index is 0.200. The highest BCUT2D eigenvalue weighted by Gasteiger charge is 2.12. The van der Waals surface area contributed by atoms with Crippen LogP contribution in [0.25, 0.3) is 0 Å². The predicted molar refractivity (Wildman–Crippen MR) is 89.3 cm³/mol. The van der Waals surface area contributed by atoms with E-state index >= 15 is 0 Å². The van der Waals surface area contributed by atoms with Crippen LogP contribution in [0.15, 0.2) is 47.4 Å². The summed E-state index contributed by atoms with van der Waals surface area (Å²) < 4.78 is 0. The standard InChI is InChI=1S/C17H18N2OS/c1-21-16-8-3-2-7-15(16)19-17(20)18-14-10-9-12-5-4-6-13(12)11-14/h2-3,7-11H,4-6H2,1H3,(H2,18,19,20). The molecule has 2 amide bonds. The number of anilines is 2. The van der Waals surface area contributed by atoms with E-state index in [4.69, 9.17) is 0 Å². The van der Waals surface area contributed by atoms with E-state index in [1.807, 2.05) is 36.6 Å². The van der Waals surface area contributed by atoms with Crippen LogP contribution >= 0.6 is 11.8 Å². The zero-order chi connectivity index (χ0) is 14.7. The average Bonchev–Trinajstić information content (AvgIpc) is 2.95. The van der Waals surface area contributed by atoms with Gasteiger partial charge in [0.15, 0.2) is 0 Å². The first-order valence-electron chi connectivity index (χ1n) is 7.09. The van der Waals surface area contributed by atoms with E-state index in [1.165, 1.54) is 17.5 Å². The second kappa shape index (κ2) is 6.22. The molecule has 4 heteroatoms. The Morgan fingerprint density at radius 1 is 1.05 bits per heavy atom. The SMILES string of the molecule is CSc1ccccc1NC(=O)Nc1ccc2c(c1)CCC2. The number of carbonyl (C=O) groups excluding carboxylic acids is 1. The summed E-state index contributed by atoms with van der Waals surface area (Å²) in [5.74, 6) is 0. The number of urea groups is 1. The van der Waals surface area contributed by atoms with Crippen LogP contribution in [-0.2, 0) is 12.8 Å². The summed E-state index contributed by atoms with van der Waals surface area (Å²) in [6, 6.07) is 13.8. The fourth-order valence-corrected chi connectivity index (χ4v) is 3.24. The molecule has 0 aliphatic heterocycles. The zero-order valence-corrected chi connectivity index (χ0v) is 12.8. The molecule has 2 aromatic carbocycles. The summed E-state index contributed by atoms with van der Waals surface area (Å²) in [7, 11) is 0. The van der Waals surface area contributed by atoms with Gasteiger partial charge in [-0.05, 0) is 60.9 Å². The number of fused-ring (bicyclic) bond motifs is 1. The van der Waals surface area contributed by atoms with Crippen molar-refractivity contribution in [3.8, 4) is 0 Å². The lowest BCUT2D eigenvalue weighted by Crippen LogP contribution is -2.19. The van der Waals surface area contributed by atoms with Crippen LogP contribution in [0.4, 0.5) is 16.2 Å². The Labute approximate surface area is 129 Å². The molecule has 0 spiro atoms. The number of rotatable bonds is 3. The van der Waals surface area contributed by atoms with E-state index in [2.05, 4.69) is 22.8 Å². The molecular formula is C17H18N2OS. The first kappa shape index (κ1) is 14.0. The van der Waals surface area contributed by atoms with Gasteiger partial charge in [0.05, 0.1) is 5.69 Å². The van der Waals surface area contributed by atoms with E-state index in [-0.39, 0.29) is 6.03 Å². The minimum Gasteiger partial charge on any atom is -0.308 e. The Morgan fingerprint density at radius 2 is 1.86 bits per heavy atom. The van der Waals surface area contributed by atoms with Gasteiger partial charge in [0.25, 0.3) is 0 Å². The molecule has 0 unspecified atom stereocenters. The molecule has 0 saturated carbocycles.